The highest BCUT2D eigenvalue weighted by molar-refractivity contribution is 5.85. The molecule has 1 aromatic rings. The van der Waals surface area contributed by atoms with E-state index < -0.39 is 0 Å². The van der Waals surface area contributed by atoms with Gasteiger partial charge in [-0.15, -0.1) is 0 Å². The molecule has 0 amide bonds. The molecule has 0 saturated carbocycles. The molecule has 1 fully saturated rings. The van der Waals surface area contributed by atoms with Crippen LogP contribution in [0.25, 0.3) is 0 Å². The van der Waals surface area contributed by atoms with Crippen molar-refractivity contribution in [1.82, 2.24) is 0 Å². The fourth-order valence-electron chi connectivity index (χ4n) is 2.04. The molecule has 2 atom stereocenters. The molecule has 0 aliphatic carbocycles. The molecule has 4 nitrogen and oxygen atoms in total. The molecule has 2 unspecified atom stereocenters. The van der Waals surface area contributed by atoms with Gasteiger partial charge >= 0.3 is 0 Å². The van der Waals surface area contributed by atoms with Crippen LogP contribution < -0.4 is 0 Å². The van der Waals surface area contributed by atoms with Crippen molar-refractivity contribution in [3.8, 4) is 0 Å². The van der Waals surface area contributed by atoms with Crippen molar-refractivity contribution in [3.63, 3.8) is 0 Å². The summed E-state index contributed by atoms with van der Waals surface area (Å²) in [6.45, 7) is 1.42. The zero-order chi connectivity index (χ0) is 12.8. The molecule has 2 rings (SSSR count). The van der Waals surface area contributed by atoms with E-state index in [-0.39, 0.29) is 18.6 Å². The van der Waals surface area contributed by atoms with Crippen LogP contribution in [0, 0.1) is 11.3 Å². The standard InChI is InChI=1S/C14H19NO3/c15-14-10-18-13(6-12(14)7-16)9-17-8-11-4-2-1-3-5-11/h1-5,12-13,15-16H,6-10H2. The minimum Gasteiger partial charge on any atom is -0.396 e. The first-order chi connectivity index (χ1) is 8.79. The lowest BCUT2D eigenvalue weighted by molar-refractivity contribution is -0.0310. The second-order valence-electron chi connectivity index (χ2n) is 4.57. The van der Waals surface area contributed by atoms with E-state index in [2.05, 4.69) is 0 Å². The third-order valence-corrected chi connectivity index (χ3v) is 3.15. The Morgan fingerprint density at radius 2 is 2.11 bits per heavy atom. The molecule has 1 aliphatic rings. The lowest BCUT2D eigenvalue weighted by Gasteiger charge is -2.29. The monoisotopic (exact) mass is 249 g/mol. The van der Waals surface area contributed by atoms with Crippen LogP contribution in [-0.2, 0) is 16.1 Å². The van der Waals surface area contributed by atoms with Gasteiger partial charge < -0.3 is 20.0 Å². The smallest absolute Gasteiger partial charge is 0.0850 e. The summed E-state index contributed by atoms with van der Waals surface area (Å²) in [6, 6.07) is 9.99. The zero-order valence-corrected chi connectivity index (χ0v) is 10.3. The Hall–Kier alpha value is -1.23. The third-order valence-electron chi connectivity index (χ3n) is 3.15. The summed E-state index contributed by atoms with van der Waals surface area (Å²) in [6.07, 6.45) is 0.657. The minimum atomic E-state index is -0.0657. The molecule has 1 aliphatic heterocycles. The lowest BCUT2D eigenvalue weighted by Crippen LogP contribution is -2.37. The molecule has 1 aromatic carbocycles. The van der Waals surface area contributed by atoms with Crippen molar-refractivity contribution in [1.29, 1.82) is 5.41 Å². The van der Waals surface area contributed by atoms with Gasteiger partial charge in [0.25, 0.3) is 0 Å². The highest BCUT2D eigenvalue weighted by atomic mass is 16.5. The van der Waals surface area contributed by atoms with E-state index in [4.69, 9.17) is 20.0 Å². The van der Waals surface area contributed by atoms with Crippen molar-refractivity contribution in [2.45, 2.75) is 19.1 Å². The van der Waals surface area contributed by atoms with Gasteiger partial charge in [-0.3, -0.25) is 0 Å². The van der Waals surface area contributed by atoms with Crippen LogP contribution in [0.4, 0.5) is 0 Å². The third kappa shape index (κ3) is 3.63. The van der Waals surface area contributed by atoms with Gasteiger partial charge in [-0.1, -0.05) is 30.3 Å². The van der Waals surface area contributed by atoms with Crippen molar-refractivity contribution in [2.24, 2.45) is 5.92 Å². The van der Waals surface area contributed by atoms with Crippen molar-refractivity contribution in [2.75, 3.05) is 19.8 Å². The van der Waals surface area contributed by atoms with Gasteiger partial charge in [-0.05, 0) is 12.0 Å². The first kappa shape index (κ1) is 13.2. The lowest BCUT2D eigenvalue weighted by atomic mass is 9.95. The van der Waals surface area contributed by atoms with Crippen molar-refractivity contribution < 1.29 is 14.6 Å². The Labute approximate surface area is 107 Å². The maximum Gasteiger partial charge on any atom is 0.0850 e. The number of nitrogens with one attached hydrogen (secondary N) is 1. The number of ether oxygens (including phenoxy) is 2. The van der Waals surface area contributed by atoms with E-state index in [1.54, 1.807) is 0 Å². The van der Waals surface area contributed by atoms with Gasteiger partial charge in [0.05, 0.1) is 32.5 Å². The average molecular weight is 249 g/mol. The molecule has 98 valence electrons. The summed E-state index contributed by atoms with van der Waals surface area (Å²) in [7, 11) is 0. The van der Waals surface area contributed by atoms with Crippen LogP contribution in [0.1, 0.15) is 12.0 Å². The normalized spacial score (nSPS) is 24.2. The first-order valence-electron chi connectivity index (χ1n) is 6.21. The Morgan fingerprint density at radius 1 is 1.33 bits per heavy atom. The highest BCUT2D eigenvalue weighted by Gasteiger charge is 2.26. The predicted octanol–water partition coefficient (Wildman–Crippen LogP) is 1.62. The Kier molecular flexibility index (Phi) is 4.87. The van der Waals surface area contributed by atoms with Gasteiger partial charge in [-0.25, -0.2) is 0 Å². The van der Waals surface area contributed by atoms with Crippen LogP contribution in [0.15, 0.2) is 30.3 Å². The van der Waals surface area contributed by atoms with E-state index in [9.17, 15) is 0 Å². The molecule has 0 bridgehead atoms. The summed E-state index contributed by atoms with van der Waals surface area (Å²) in [5.41, 5.74) is 1.62. The molecular formula is C14H19NO3. The zero-order valence-electron chi connectivity index (χ0n) is 10.3. The summed E-state index contributed by atoms with van der Waals surface area (Å²) >= 11 is 0. The van der Waals surface area contributed by atoms with Crippen molar-refractivity contribution in [3.05, 3.63) is 35.9 Å². The Bertz CT molecular complexity index is 380. The maximum atomic E-state index is 9.15. The van der Waals surface area contributed by atoms with Gasteiger partial charge in [0.15, 0.2) is 0 Å². The molecule has 2 N–H and O–H groups in total. The predicted molar refractivity (Wildman–Crippen MR) is 68.8 cm³/mol. The molecule has 18 heavy (non-hydrogen) atoms. The summed E-state index contributed by atoms with van der Waals surface area (Å²) < 4.78 is 11.1. The second-order valence-corrected chi connectivity index (χ2v) is 4.57. The van der Waals surface area contributed by atoms with Gasteiger partial charge in [0.2, 0.25) is 0 Å². The average Bonchev–Trinajstić information content (AvgIpc) is 2.42. The number of benzene rings is 1. The summed E-state index contributed by atoms with van der Waals surface area (Å²) in [5.74, 6) is -0.0657. The van der Waals surface area contributed by atoms with Gasteiger partial charge in [-0.2, -0.15) is 0 Å². The largest absolute Gasteiger partial charge is 0.396 e. The van der Waals surface area contributed by atoms with E-state index in [0.717, 1.165) is 5.56 Å². The highest BCUT2D eigenvalue weighted by Crippen LogP contribution is 2.17. The number of rotatable bonds is 5. The van der Waals surface area contributed by atoms with E-state index in [0.29, 0.717) is 32.0 Å². The van der Waals surface area contributed by atoms with Crippen LogP contribution >= 0.6 is 0 Å². The molecule has 1 heterocycles. The molecular weight excluding hydrogens is 230 g/mol. The van der Waals surface area contributed by atoms with Crippen molar-refractivity contribution >= 4 is 5.71 Å². The molecule has 1 saturated heterocycles. The number of hydrogen-bond donors (Lipinski definition) is 2. The van der Waals surface area contributed by atoms with Gasteiger partial charge in [0, 0.05) is 11.6 Å². The first-order valence-corrected chi connectivity index (χ1v) is 6.21. The molecule has 0 radical (unpaired) electrons. The number of aliphatic hydroxyl groups is 1. The van der Waals surface area contributed by atoms with Gasteiger partial charge in [0.1, 0.15) is 0 Å². The van der Waals surface area contributed by atoms with Crippen LogP contribution in [0.3, 0.4) is 0 Å². The topological polar surface area (TPSA) is 62.5 Å². The van der Waals surface area contributed by atoms with Crippen LogP contribution in [0.2, 0.25) is 0 Å². The van der Waals surface area contributed by atoms with Crippen LogP contribution in [0.5, 0.6) is 0 Å². The van der Waals surface area contributed by atoms with E-state index in [1.807, 2.05) is 30.3 Å². The summed E-state index contributed by atoms with van der Waals surface area (Å²) in [4.78, 5) is 0. The fraction of sp³-hybridized carbons (Fsp3) is 0.500. The number of hydrogen-bond acceptors (Lipinski definition) is 4. The van der Waals surface area contributed by atoms with E-state index >= 15 is 0 Å². The Balaban J connectivity index is 1.72. The SMILES string of the molecule is N=C1COC(COCc2ccccc2)CC1CO. The van der Waals surface area contributed by atoms with Crippen LogP contribution in [-0.4, -0.2) is 36.7 Å². The fourth-order valence-corrected chi connectivity index (χ4v) is 2.04. The maximum absolute atomic E-state index is 9.15. The molecule has 0 spiro atoms. The number of aliphatic hydroxyl groups excluding tert-OH is 1. The quantitative estimate of drug-likeness (QED) is 0.833. The molecule has 0 aromatic heterocycles. The molecule has 4 heteroatoms. The minimum absolute atomic E-state index is 0.0139. The summed E-state index contributed by atoms with van der Waals surface area (Å²) in [5, 5.41) is 16.8. The van der Waals surface area contributed by atoms with E-state index in [1.165, 1.54) is 0 Å². The second kappa shape index (κ2) is 6.64. The Morgan fingerprint density at radius 3 is 2.83 bits per heavy atom.